The average molecular weight is 755 g/mol. The van der Waals surface area contributed by atoms with Gasteiger partial charge in [-0.25, -0.2) is 0 Å². The summed E-state index contributed by atoms with van der Waals surface area (Å²) in [6, 6.07) is 0. The third-order valence-electron chi connectivity index (χ3n) is 10.6. The summed E-state index contributed by atoms with van der Waals surface area (Å²) < 4.78 is 23.5. The molecule has 2 aromatic carbocycles. The molecule has 1 amide bonds. The number of carbonyl (C=O) groups is 3. The molecular formula is C40H54N2O12. The van der Waals surface area contributed by atoms with Crippen LogP contribution in [0.1, 0.15) is 70.0 Å². The molecule has 2 aromatic rings. The molecule has 0 spiro atoms. The number of ketones is 1. The van der Waals surface area contributed by atoms with Gasteiger partial charge < -0.3 is 54.7 Å². The number of anilines is 1. The highest BCUT2D eigenvalue weighted by molar-refractivity contribution is 6.22. The maximum Gasteiger partial charge on any atom is 0.312 e. The van der Waals surface area contributed by atoms with E-state index in [1.54, 1.807) is 58.8 Å². The normalized spacial score (nSPS) is 29.6. The number of hydrogen-bond donors (Lipinski definition) is 6. The van der Waals surface area contributed by atoms with Crippen LogP contribution in [-0.2, 0) is 30.3 Å². The van der Waals surface area contributed by atoms with Gasteiger partial charge in [0, 0.05) is 73.3 Å². The molecule has 3 aliphatic heterocycles. The molecule has 9 atom stereocenters. The van der Waals surface area contributed by atoms with E-state index in [-0.39, 0.29) is 51.0 Å². The number of fused-ring (bicyclic) bond motifs is 14. The molecule has 5 rings (SSSR count). The van der Waals surface area contributed by atoms with Crippen LogP contribution in [0.25, 0.3) is 10.8 Å². The van der Waals surface area contributed by atoms with E-state index in [4.69, 9.17) is 18.9 Å². The van der Waals surface area contributed by atoms with Gasteiger partial charge in [0.1, 0.15) is 23.4 Å². The van der Waals surface area contributed by atoms with Crippen molar-refractivity contribution in [3.05, 3.63) is 52.8 Å². The minimum atomic E-state index is -2.01. The number of phenols is 3. The van der Waals surface area contributed by atoms with Crippen LogP contribution >= 0.6 is 0 Å². The Bertz CT molecular complexity index is 1880. The van der Waals surface area contributed by atoms with E-state index in [1.807, 2.05) is 0 Å². The van der Waals surface area contributed by atoms with Crippen LogP contribution in [0.2, 0.25) is 0 Å². The fraction of sp³-hybridized carbons (Fsp3) is 0.525. The van der Waals surface area contributed by atoms with Crippen LogP contribution < -0.4 is 10.1 Å². The highest BCUT2D eigenvalue weighted by Gasteiger charge is 2.50. The smallest absolute Gasteiger partial charge is 0.312 e. The van der Waals surface area contributed by atoms with Crippen LogP contribution in [0.15, 0.2) is 36.1 Å². The van der Waals surface area contributed by atoms with E-state index in [0.29, 0.717) is 0 Å². The highest BCUT2D eigenvalue weighted by Crippen LogP contribution is 2.55. The number of amides is 1. The number of nitrogens with one attached hydrogen (secondary N) is 1. The second-order valence-electron chi connectivity index (χ2n) is 14.9. The van der Waals surface area contributed by atoms with E-state index in [9.17, 15) is 39.9 Å². The van der Waals surface area contributed by atoms with Crippen LogP contribution in [0.5, 0.6) is 23.0 Å². The molecule has 0 saturated carbocycles. The summed E-state index contributed by atoms with van der Waals surface area (Å²) >= 11 is 0. The lowest BCUT2D eigenvalue weighted by atomic mass is 9.78. The first-order valence-corrected chi connectivity index (χ1v) is 17.9. The topological polar surface area (TPSA) is 205 Å². The molecule has 0 fully saturated rings. The van der Waals surface area contributed by atoms with Gasteiger partial charge in [0.25, 0.3) is 11.7 Å². The van der Waals surface area contributed by atoms with Gasteiger partial charge in [-0.1, -0.05) is 45.9 Å². The Balaban J connectivity index is 1.96. The monoisotopic (exact) mass is 754 g/mol. The van der Waals surface area contributed by atoms with Gasteiger partial charge >= 0.3 is 11.8 Å². The number of aliphatic hydroxyl groups is 2. The Labute approximate surface area is 315 Å². The lowest BCUT2D eigenvalue weighted by Crippen LogP contribution is -2.46. The Hall–Kier alpha value is -4.63. The van der Waals surface area contributed by atoms with Gasteiger partial charge in [-0.3, -0.25) is 14.4 Å². The zero-order chi connectivity index (χ0) is 40.6. The van der Waals surface area contributed by atoms with Gasteiger partial charge in [0.15, 0.2) is 5.75 Å². The van der Waals surface area contributed by atoms with Crippen molar-refractivity contribution in [2.45, 2.75) is 92.1 Å². The zero-order valence-corrected chi connectivity index (χ0v) is 32.8. The number of benzene rings is 2. The Morgan fingerprint density at radius 2 is 1.59 bits per heavy atom. The van der Waals surface area contributed by atoms with E-state index in [0.717, 1.165) is 0 Å². The van der Waals surface area contributed by atoms with Gasteiger partial charge in [-0.05, 0) is 34.0 Å². The summed E-state index contributed by atoms with van der Waals surface area (Å²) in [5.41, 5.74) is 0.0370. The minimum Gasteiger partial charge on any atom is -0.507 e. The molecular weight excluding hydrogens is 700 g/mol. The molecule has 0 unspecified atom stereocenters. The number of aliphatic hydroxyl groups excluding tert-OH is 2. The molecule has 0 saturated heterocycles. The van der Waals surface area contributed by atoms with Crippen LogP contribution in [0, 0.1) is 30.6 Å². The second kappa shape index (κ2) is 16.4. The standard InChI is InChI=1S/C40H54N2O12/c1-18-13-12-14-19(2)39(50)41-30-25(17-42(9)10)34(47)27-28(35(30)48)33(46)23(6)37-29(27)38(49)40(8,54-37)52-16-15-26(51-11)20(3)36(53-24(7)43)22(5)32(45)21(4)31(18)44/h12-16,18,20-22,26,31-32,36,44-48H,17H2,1-11H3,(H,41,50)/t18-,20-,21+,22+,26-,31+,32-,36-,40-/m1/s1. The van der Waals surface area contributed by atoms with E-state index in [2.05, 4.69) is 5.32 Å². The van der Waals surface area contributed by atoms with Crippen LogP contribution in [0.4, 0.5) is 5.69 Å². The van der Waals surface area contributed by atoms with Crippen LogP contribution in [-0.4, -0.2) is 99.5 Å². The summed E-state index contributed by atoms with van der Waals surface area (Å²) in [6.45, 7) is 12.6. The summed E-state index contributed by atoms with van der Waals surface area (Å²) in [5.74, 6) is -7.98. The molecule has 0 aromatic heterocycles. The SMILES string of the molecule is CO[C@@H]1C=CO[C@]2(C)Oc3c(C)c(O)c4c(O)c(c(CN(C)C)c(O)c4c3C2=O)NC(=O)C(C)=CC=C[C@@H](C)[C@H](O)[C@H](C)[C@@H](O)[C@H](C)[C@H](OC(C)=O)[C@@H]1C. The number of phenolic OH excluding ortho intramolecular Hbond substituents is 3. The maximum absolute atomic E-state index is 14.2. The summed E-state index contributed by atoms with van der Waals surface area (Å²) in [6.07, 6.45) is 3.65. The van der Waals surface area contributed by atoms with Crippen molar-refractivity contribution >= 4 is 34.1 Å². The summed E-state index contributed by atoms with van der Waals surface area (Å²) in [5, 5.41) is 59.9. The predicted molar refractivity (Wildman–Crippen MR) is 201 cm³/mol. The molecule has 3 aliphatic rings. The predicted octanol–water partition coefficient (Wildman–Crippen LogP) is 4.82. The van der Waals surface area contributed by atoms with Crippen molar-refractivity contribution in [1.82, 2.24) is 4.90 Å². The van der Waals surface area contributed by atoms with E-state index < -0.39 is 88.8 Å². The fourth-order valence-corrected chi connectivity index (χ4v) is 7.26. The maximum atomic E-state index is 14.2. The molecule has 5 bridgehead atoms. The van der Waals surface area contributed by atoms with Gasteiger partial charge in [0.05, 0.1) is 41.2 Å². The summed E-state index contributed by atoms with van der Waals surface area (Å²) in [7, 11) is 4.86. The average Bonchev–Trinajstić information content (AvgIpc) is 3.38. The molecule has 6 N–H and O–H groups in total. The molecule has 0 aliphatic carbocycles. The first-order valence-electron chi connectivity index (χ1n) is 17.9. The van der Waals surface area contributed by atoms with E-state index in [1.165, 1.54) is 53.2 Å². The molecule has 3 heterocycles. The molecule has 14 nitrogen and oxygen atoms in total. The number of methoxy groups -OCH3 is 1. The number of hydrogen-bond acceptors (Lipinski definition) is 13. The van der Waals surface area contributed by atoms with Gasteiger partial charge in [-0.2, -0.15) is 0 Å². The number of rotatable bonds is 4. The van der Waals surface area contributed by atoms with Gasteiger partial charge in [-0.15, -0.1) is 0 Å². The fourth-order valence-electron chi connectivity index (χ4n) is 7.26. The van der Waals surface area contributed by atoms with E-state index >= 15 is 0 Å². The molecule has 14 heteroatoms. The number of Topliss-reactive ketones (excluding diaryl/α,β-unsaturated/α-hetero) is 1. The number of carbonyl (C=O) groups excluding carboxylic acids is 3. The third kappa shape index (κ3) is 7.92. The third-order valence-corrected chi connectivity index (χ3v) is 10.6. The van der Waals surface area contributed by atoms with Crippen molar-refractivity contribution in [3.8, 4) is 23.0 Å². The largest absolute Gasteiger partial charge is 0.507 e. The van der Waals surface area contributed by atoms with Gasteiger partial charge in [0.2, 0.25) is 0 Å². The number of esters is 1. The van der Waals surface area contributed by atoms with Crippen molar-refractivity contribution in [2.75, 3.05) is 26.5 Å². The van der Waals surface area contributed by atoms with Crippen molar-refractivity contribution in [1.29, 1.82) is 0 Å². The molecule has 0 radical (unpaired) electrons. The number of aromatic hydroxyl groups is 3. The Kier molecular flexibility index (Phi) is 12.8. The van der Waals surface area contributed by atoms with Crippen LogP contribution in [0.3, 0.4) is 0 Å². The number of ether oxygens (including phenoxy) is 4. The number of allylic oxidation sites excluding steroid dienone is 2. The van der Waals surface area contributed by atoms with Crippen molar-refractivity contribution in [3.63, 3.8) is 0 Å². The van der Waals surface area contributed by atoms with Crippen molar-refractivity contribution < 1.29 is 58.9 Å². The Morgan fingerprint density at radius 3 is 2.19 bits per heavy atom. The zero-order valence-electron chi connectivity index (χ0n) is 32.8. The lowest BCUT2D eigenvalue weighted by Gasteiger charge is -2.38. The quantitative estimate of drug-likeness (QED) is 0.141. The molecule has 54 heavy (non-hydrogen) atoms. The minimum absolute atomic E-state index is 0.00552. The first-order chi connectivity index (χ1) is 25.2. The highest BCUT2D eigenvalue weighted by atomic mass is 16.7. The van der Waals surface area contributed by atoms with Crippen molar-refractivity contribution in [2.24, 2.45) is 23.7 Å². The molecule has 296 valence electrons. The summed E-state index contributed by atoms with van der Waals surface area (Å²) in [4.78, 5) is 41.7. The number of nitrogens with zero attached hydrogens (tertiary/aromatic N) is 1. The Morgan fingerprint density at radius 1 is 0.944 bits per heavy atom. The lowest BCUT2D eigenvalue weighted by molar-refractivity contribution is -0.160. The first kappa shape index (κ1) is 42.1. The second-order valence-corrected chi connectivity index (χ2v) is 14.9.